The van der Waals surface area contributed by atoms with Crippen LogP contribution >= 0.6 is 7.52 Å². The van der Waals surface area contributed by atoms with Gasteiger partial charge in [-0.15, -0.1) is 0 Å². The zero-order valence-electron chi connectivity index (χ0n) is 21.2. The number of para-hydroxylation sites is 1. The molecule has 1 unspecified atom stereocenters. The molecule has 10 nitrogen and oxygen atoms in total. The Morgan fingerprint density at radius 1 is 1.19 bits per heavy atom. The number of nitrogens with two attached hydrogens (primary N) is 1. The Balaban J connectivity index is 2.06. The Labute approximate surface area is 211 Å². The van der Waals surface area contributed by atoms with Gasteiger partial charge in [0.2, 0.25) is 0 Å². The first kappa shape index (κ1) is 29.5. The summed E-state index contributed by atoms with van der Waals surface area (Å²) in [5.74, 6) is -1.45. The van der Waals surface area contributed by atoms with Gasteiger partial charge in [-0.3, -0.25) is 9.36 Å². The lowest BCUT2D eigenvalue weighted by atomic mass is 10.1. The van der Waals surface area contributed by atoms with Crippen molar-refractivity contribution in [3.05, 3.63) is 42.3 Å². The van der Waals surface area contributed by atoms with Gasteiger partial charge >= 0.3 is 19.5 Å². The molecule has 3 atom stereocenters. The second-order valence-electron chi connectivity index (χ2n) is 8.61. The molecule has 2 aromatic rings. The number of nitrogens with one attached hydrogen (secondary N) is 1. The van der Waals surface area contributed by atoms with Gasteiger partial charge in [0, 0.05) is 0 Å². The standard InChI is InChI=1S/C24H36FN4O6P/c1-5-6-10-13-32-23(30)21(17(2)3)29-36(31,35-19-11-8-7-9-12-19)16-34-18(4)15-33-24-27-14-20(25)22(26)28-24/h7-9,11-12,14,17-18,21H,5-6,10,13,15-16H2,1-4H3,(H,29,31)(H2,26,27,28)/t18-,21+,36?/m1/s1. The number of carbonyl (C=O) groups is 1. The highest BCUT2D eigenvalue weighted by Gasteiger charge is 2.35. The molecule has 12 heteroatoms. The normalized spacial score (nSPS) is 14.6. The van der Waals surface area contributed by atoms with Crippen molar-refractivity contribution in [2.75, 3.05) is 25.3 Å². The molecule has 0 aliphatic rings. The van der Waals surface area contributed by atoms with Crippen molar-refractivity contribution >= 4 is 19.3 Å². The Bertz CT molecular complexity index is 998. The summed E-state index contributed by atoms with van der Waals surface area (Å²) in [5, 5.41) is 2.87. The van der Waals surface area contributed by atoms with Gasteiger partial charge in [-0.05, 0) is 31.4 Å². The van der Waals surface area contributed by atoms with Crippen LogP contribution in [-0.2, 0) is 18.8 Å². The second-order valence-corrected chi connectivity index (χ2v) is 10.7. The number of nitrogen functional groups attached to an aromatic ring is 1. The highest BCUT2D eigenvalue weighted by atomic mass is 31.2. The molecule has 0 spiro atoms. The number of ether oxygens (including phenoxy) is 3. The second kappa shape index (κ2) is 14.7. The molecule has 1 aromatic heterocycles. The van der Waals surface area contributed by atoms with E-state index in [0.717, 1.165) is 25.5 Å². The maximum atomic E-state index is 13.8. The van der Waals surface area contributed by atoms with Gasteiger partial charge in [0.15, 0.2) is 11.6 Å². The number of unbranched alkanes of at least 4 members (excludes halogenated alkanes) is 2. The number of anilines is 1. The summed E-state index contributed by atoms with van der Waals surface area (Å²) < 4.78 is 49.4. The average molecular weight is 527 g/mol. The molecule has 2 rings (SSSR count). The summed E-state index contributed by atoms with van der Waals surface area (Å²) in [6, 6.07) is 7.62. The number of rotatable bonds is 16. The molecular weight excluding hydrogens is 490 g/mol. The van der Waals surface area contributed by atoms with E-state index in [1.807, 2.05) is 13.8 Å². The molecule has 36 heavy (non-hydrogen) atoms. The van der Waals surface area contributed by atoms with Gasteiger partial charge in [-0.2, -0.15) is 4.98 Å². The van der Waals surface area contributed by atoms with Crippen LogP contribution < -0.4 is 20.1 Å². The van der Waals surface area contributed by atoms with Crippen LogP contribution in [0.25, 0.3) is 0 Å². The minimum atomic E-state index is -3.74. The van der Waals surface area contributed by atoms with E-state index in [4.69, 9.17) is 24.5 Å². The number of nitrogens with zero attached hydrogens (tertiary/aromatic N) is 2. The summed E-state index contributed by atoms with van der Waals surface area (Å²) in [5.41, 5.74) is 5.42. The molecule has 0 aliphatic carbocycles. The van der Waals surface area contributed by atoms with Gasteiger partial charge in [0.1, 0.15) is 24.7 Å². The van der Waals surface area contributed by atoms with Gasteiger partial charge in [0.25, 0.3) is 0 Å². The van der Waals surface area contributed by atoms with Crippen molar-refractivity contribution in [2.45, 2.75) is 59.1 Å². The van der Waals surface area contributed by atoms with Crippen LogP contribution in [-0.4, -0.2) is 47.6 Å². The number of hydrogen-bond acceptors (Lipinski definition) is 9. The lowest BCUT2D eigenvalue weighted by Gasteiger charge is -2.28. The van der Waals surface area contributed by atoms with Crippen molar-refractivity contribution in [1.29, 1.82) is 0 Å². The Kier molecular flexibility index (Phi) is 12.1. The number of carbonyl (C=O) groups excluding carboxylic acids is 1. The summed E-state index contributed by atoms with van der Waals surface area (Å²) in [6.45, 7) is 7.66. The van der Waals surface area contributed by atoms with Crippen molar-refractivity contribution < 1.29 is 32.5 Å². The average Bonchev–Trinajstić information content (AvgIpc) is 2.85. The topological polar surface area (TPSA) is 135 Å². The van der Waals surface area contributed by atoms with Crippen LogP contribution in [0.2, 0.25) is 0 Å². The fourth-order valence-electron chi connectivity index (χ4n) is 2.94. The molecule has 3 N–H and O–H groups in total. The molecule has 200 valence electrons. The number of aromatic nitrogens is 2. The van der Waals surface area contributed by atoms with Crippen molar-refractivity contribution in [1.82, 2.24) is 15.1 Å². The molecule has 0 saturated heterocycles. The van der Waals surface area contributed by atoms with Gasteiger partial charge < -0.3 is 24.5 Å². The van der Waals surface area contributed by atoms with E-state index in [9.17, 15) is 13.8 Å². The Hall–Kier alpha value is -2.75. The van der Waals surface area contributed by atoms with E-state index in [1.54, 1.807) is 37.3 Å². The fourth-order valence-corrected chi connectivity index (χ4v) is 4.86. The zero-order chi connectivity index (χ0) is 26.6. The third-order valence-corrected chi connectivity index (χ3v) is 6.64. The van der Waals surface area contributed by atoms with Gasteiger partial charge in [0.05, 0.1) is 18.9 Å². The SMILES string of the molecule is CCCCCOC(=O)[C@@H](NP(=O)(CO[C@H](C)COc1ncc(F)c(N)n1)Oc1ccccc1)C(C)C. The first-order valence-corrected chi connectivity index (χ1v) is 13.7. The highest BCUT2D eigenvalue weighted by Crippen LogP contribution is 2.44. The molecule has 0 aliphatic heterocycles. The fraction of sp³-hybridized carbons (Fsp3) is 0.542. The lowest BCUT2D eigenvalue weighted by Crippen LogP contribution is -2.42. The maximum Gasteiger partial charge on any atom is 0.342 e. The van der Waals surface area contributed by atoms with Crippen LogP contribution in [0, 0.1) is 11.7 Å². The summed E-state index contributed by atoms with van der Waals surface area (Å²) in [4.78, 5) is 20.2. The number of hydrogen-bond donors (Lipinski definition) is 2. The van der Waals surface area contributed by atoms with Crippen LogP contribution in [0.3, 0.4) is 0 Å². The molecule has 1 heterocycles. The van der Waals surface area contributed by atoms with E-state index in [-0.39, 0.29) is 30.7 Å². The van der Waals surface area contributed by atoms with E-state index in [2.05, 4.69) is 22.0 Å². The monoisotopic (exact) mass is 526 g/mol. The molecule has 0 bridgehead atoms. The van der Waals surface area contributed by atoms with E-state index >= 15 is 0 Å². The maximum absolute atomic E-state index is 13.8. The van der Waals surface area contributed by atoms with Gasteiger partial charge in [-0.25, -0.2) is 14.5 Å². The van der Waals surface area contributed by atoms with Crippen LogP contribution in [0.15, 0.2) is 36.5 Å². The third-order valence-electron chi connectivity index (χ3n) is 4.97. The Morgan fingerprint density at radius 2 is 1.92 bits per heavy atom. The predicted molar refractivity (Wildman–Crippen MR) is 134 cm³/mol. The smallest absolute Gasteiger partial charge is 0.342 e. The molecule has 0 saturated carbocycles. The van der Waals surface area contributed by atoms with Crippen molar-refractivity contribution in [2.24, 2.45) is 5.92 Å². The van der Waals surface area contributed by atoms with E-state index in [1.165, 1.54) is 0 Å². The van der Waals surface area contributed by atoms with E-state index < -0.39 is 31.5 Å². The molecular formula is C24H36FN4O6P. The lowest BCUT2D eigenvalue weighted by molar-refractivity contribution is -0.147. The molecule has 0 fully saturated rings. The summed E-state index contributed by atoms with van der Waals surface area (Å²) in [7, 11) is -3.74. The van der Waals surface area contributed by atoms with Crippen LogP contribution in [0.4, 0.5) is 10.2 Å². The minimum absolute atomic E-state index is 0.0243. The quantitative estimate of drug-likeness (QED) is 0.182. The minimum Gasteiger partial charge on any atom is -0.465 e. The van der Waals surface area contributed by atoms with Crippen molar-refractivity contribution in [3.8, 4) is 11.8 Å². The Morgan fingerprint density at radius 3 is 2.56 bits per heavy atom. The first-order chi connectivity index (χ1) is 17.1. The van der Waals surface area contributed by atoms with E-state index in [0.29, 0.717) is 12.4 Å². The third kappa shape index (κ3) is 10.1. The van der Waals surface area contributed by atoms with Gasteiger partial charge in [-0.1, -0.05) is 51.8 Å². The molecule has 0 amide bonds. The highest BCUT2D eigenvalue weighted by molar-refractivity contribution is 7.57. The zero-order valence-corrected chi connectivity index (χ0v) is 22.1. The first-order valence-electron chi connectivity index (χ1n) is 11.9. The number of benzene rings is 1. The molecule has 0 radical (unpaired) electrons. The molecule has 1 aromatic carbocycles. The van der Waals surface area contributed by atoms with Crippen LogP contribution in [0.5, 0.6) is 11.8 Å². The van der Waals surface area contributed by atoms with Crippen LogP contribution in [0.1, 0.15) is 47.0 Å². The summed E-state index contributed by atoms with van der Waals surface area (Å²) in [6.07, 6.45) is 2.69. The summed E-state index contributed by atoms with van der Waals surface area (Å²) >= 11 is 0. The number of halogens is 1. The predicted octanol–water partition coefficient (Wildman–Crippen LogP) is 4.56. The number of esters is 1. The van der Waals surface area contributed by atoms with Crippen molar-refractivity contribution in [3.63, 3.8) is 0 Å². The largest absolute Gasteiger partial charge is 0.465 e.